The number of rotatable bonds is 4. The molecular formula is C10H9F3NO. The molecule has 1 aromatic carbocycles. The molecule has 5 heteroatoms. The summed E-state index contributed by atoms with van der Waals surface area (Å²) in [7, 11) is 0. The number of aryl methyl sites for hydroxylation is 1. The average Bonchev–Trinajstić information content (AvgIpc) is 2.21. The van der Waals surface area contributed by atoms with Crippen molar-refractivity contribution in [3.63, 3.8) is 0 Å². The van der Waals surface area contributed by atoms with Crippen LogP contribution >= 0.6 is 0 Å². The van der Waals surface area contributed by atoms with E-state index in [4.69, 9.17) is 5.73 Å². The van der Waals surface area contributed by atoms with Crippen molar-refractivity contribution in [1.29, 1.82) is 0 Å². The number of nitrogens with two attached hydrogens (primary N) is 1. The van der Waals surface area contributed by atoms with Gasteiger partial charge in [-0.3, -0.25) is 4.79 Å². The minimum atomic E-state index is -1.23. The maximum atomic E-state index is 13.0. The largest absolute Gasteiger partial charge is 0.321 e. The van der Waals surface area contributed by atoms with Crippen molar-refractivity contribution in [2.45, 2.75) is 18.9 Å². The highest BCUT2D eigenvalue weighted by Crippen LogP contribution is 2.15. The van der Waals surface area contributed by atoms with E-state index < -0.39 is 23.5 Å². The fraction of sp³-hybridized carbons (Fsp3) is 0.300. The Morgan fingerprint density at radius 3 is 2.40 bits per heavy atom. The number of hydrogen-bond donors (Lipinski definition) is 1. The van der Waals surface area contributed by atoms with Crippen molar-refractivity contribution < 1.29 is 18.0 Å². The Bertz CT molecular complexity index is 368. The van der Waals surface area contributed by atoms with Gasteiger partial charge < -0.3 is 5.73 Å². The molecule has 0 fully saturated rings. The molecule has 0 aliphatic rings. The van der Waals surface area contributed by atoms with Gasteiger partial charge in [-0.05, 0) is 24.5 Å². The molecule has 81 valence electrons. The second-order valence-corrected chi connectivity index (χ2v) is 3.12. The van der Waals surface area contributed by atoms with Gasteiger partial charge in [0.05, 0.1) is 6.04 Å². The molecule has 0 aromatic heterocycles. The van der Waals surface area contributed by atoms with E-state index in [9.17, 15) is 18.0 Å². The molecular weight excluding hydrogens is 207 g/mol. The van der Waals surface area contributed by atoms with Gasteiger partial charge in [-0.2, -0.15) is 0 Å². The van der Waals surface area contributed by atoms with Crippen molar-refractivity contribution in [3.05, 3.63) is 35.1 Å². The van der Waals surface area contributed by atoms with Crippen LogP contribution in [0.2, 0.25) is 0 Å². The SMILES string of the molecule is NC([C]=O)CCc1cc(F)c(F)cc1F. The molecule has 1 radical (unpaired) electrons. The van der Waals surface area contributed by atoms with Crippen molar-refractivity contribution in [1.82, 2.24) is 0 Å². The van der Waals surface area contributed by atoms with E-state index in [0.29, 0.717) is 6.07 Å². The summed E-state index contributed by atoms with van der Waals surface area (Å²) in [5.41, 5.74) is 5.22. The Morgan fingerprint density at radius 1 is 1.20 bits per heavy atom. The van der Waals surface area contributed by atoms with E-state index >= 15 is 0 Å². The molecule has 0 saturated heterocycles. The quantitative estimate of drug-likeness (QED) is 0.774. The first-order valence-corrected chi connectivity index (χ1v) is 4.31. The lowest BCUT2D eigenvalue weighted by molar-refractivity contribution is 0.488. The minimum absolute atomic E-state index is 0.000370. The van der Waals surface area contributed by atoms with Crippen LogP contribution in [0.3, 0.4) is 0 Å². The fourth-order valence-corrected chi connectivity index (χ4v) is 1.13. The molecule has 2 N–H and O–H groups in total. The molecule has 0 bridgehead atoms. The number of benzene rings is 1. The summed E-state index contributed by atoms with van der Waals surface area (Å²) >= 11 is 0. The highest BCUT2D eigenvalue weighted by molar-refractivity contribution is 5.57. The van der Waals surface area contributed by atoms with E-state index in [1.165, 1.54) is 6.29 Å². The van der Waals surface area contributed by atoms with Gasteiger partial charge in [-0.1, -0.05) is 0 Å². The predicted molar refractivity (Wildman–Crippen MR) is 48.3 cm³/mol. The molecule has 0 amide bonds. The molecule has 1 unspecified atom stereocenters. The molecule has 15 heavy (non-hydrogen) atoms. The van der Waals surface area contributed by atoms with E-state index in [1.807, 2.05) is 0 Å². The van der Waals surface area contributed by atoms with Crippen LogP contribution in [-0.2, 0) is 11.2 Å². The van der Waals surface area contributed by atoms with Gasteiger partial charge in [0.15, 0.2) is 11.6 Å². The molecule has 0 saturated carbocycles. The molecule has 1 aromatic rings. The van der Waals surface area contributed by atoms with Crippen LogP contribution < -0.4 is 5.73 Å². The Balaban J connectivity index is 2.77. The molecule has 2 nitrogen and oxygen atoms in total. The lowest BCUT2D eigenvalue weighted by Gasteiger charge is -2.05. The number of carbonyl (C=O) groups excluding carboxylic acids is 1. The maximum Gasteiger partial charge on any atom is 0.216 e. The Kier molecular flexibility index (Phi) is 3.85. The second-order valence-electron chi connectivity index (χ2n) is 3.12. The standard InChI is InChI=1S/C10H9F3NO/c11-8-4-10(13)9(12)3-6(8)1-2-7(14)5-15/h3-4,7H,1-2,14H2. The zero-order valence-electron chi connectivity index (χ0n) is 7.77. The smallest absolute Gasteiger partial charge is 0.216 e. The summed E-state index contributed by atoms with van der Waals surface area (Å²) < 4.78 is 38.3. The summed E-state index contributed by atoms with van der Waals surface area (Å²) in [6.07, 6.45) is 1.73. The van der Waals surface area contributed by atoms with Crippen LogP contribution in [0.1, 0.15) is 12.0 Å². The summed E-state index contributed by atoms with van der Waals surface area (Å²) in [4.78, 5) is 10.1. The van der Waals surface area contributed by atoms with Crippen LogP contribution in [0.15, 0.2) is 12.1 Å². The zero-order chi connectivity index (χ0) is 11.4. The van der Waals surface area contributed by atoms with Gasteiger partial charge in [-0.15, -0.1) is 0 Å². The Morgan fingerprint density at radius 2 is 1.80 bits per heavy atom. The zero-order valence-corrected chi connectivity index (χ0v) is 7.77. The van der Waals surface area contributed by atoms with Crippen molar-refractivity contribution in [2.24, 2.45) is 5.73 Å². The molecule has 0 aliphatic carbocycles. The van der Waals surface area contributed by atoms with Crippen molar-refractivity contribution in [3.8, 4) is 0 Å². The van der Waals surface area contributed by atoms with Crippen molar-refractivity contribution in [2.75, 3.05) is 0 Å². The van der Waals surface area contributed by atoms with Gasteiger partial charge >= 0.3 is 0 Å². The molecule has 0 heterocycles. The van der Waals surface area contributed by atoms with Crippen LogP contribution in [0.25, 0.3) is 0 Å². The Labute approximate surface area is 84.9 Å². The lowest BCUT2D eigenvalue weighted by Crippen LogP contribution is -2.22. The minimum Gasteiger partial charge on any atom is -0.321 e. The summed E-state index contributed by atoms with van der Waals surface area (Å²) in [6, 6.07) is 0.403. The normalized spacial score (nSPS) is 12.5. The second kappa shape index (κ2) is 4.93. The topological polar surface area (TPSA) is 43.1 Å². The molecule has 0 aliphatic heterocycles. The third kappa shape index (κ3) is 3.06. The maximum absolute atomic E-state index is 13.0. The molecule has 1 rings (SSSR count). The molecule has 1 atom stereocenters. The van der Waals surface area contributed by atoms with E-state index in [0.717, 1.165) is 6.07 Å². The van der Waals surface area contributed by atoms with Gasteiger partial charge in [0.2, 0.25) is 6.29 Å². The summed E-state index contributed by atoms with van der Waals surface area (Å²) in [5, 5.41) is 0. The first-order valence-electron chi connectivity index (χ1n) is 4.31. The van der Waals surface area contributed by atoms with E-state index in [2.05, 4.69) is 0 Å². The highest BCUT2D eigenvalue weighted by atomic mass is 19.2. The third-order valence-corrected chi connectivity index (χ3v) is 1.97. The van der Waals surface area contributed by atoms with Gasteiger partial charge in [0.1, 0.15) is 5.82 Å². The third-order valence-electron chi connectivity index (χ3n) is 1.97. The lowest BCUT2D eigenvalue weighted by atomic mass is 10.1. The van der Waals surface area contributed by atoms with Crippen LogP contribution in [0.4, 0.5) is 13.2 Å². The molecule has 0 spiro atoms. The van der Waals surface area contributed by atoms with Crippen LogP contribution in [-0.4, -0.2) is 12.3 Å². The summed E-state index contributed by atoms with van der Waals surface area (Å²) in [6.45, 7) is 0. The predicted octanol–water partition coefficient (Wildman–Crippen LogP) is 1.47. The number of hydrogen-bond acceptors (Lipinski definition) is 2. The average molecular weight is 216 g/mol. The van der Waals surface area contributed by atoms with Gasteiger partial charge in [-0.25, -0.2) is 13.2 Å². The first-order chi connectivity index (χ1) is 7.04. The van der Waals surface area contributed by atoms with Gasteiger partial charge in [0.25, 0.3) is 0 Å². The van der Waals surface area contributed by atoms with E-state index in [1.54, 1.807) is 0 Å². The van der Waals surface area contributed by atoms with Crippen LogP contribution in [0.5, 0.6) is 0 Å². The monoisotopic (exact) mass is 216 g/mol. The first kappa shape index (κ1) is 11.7. The van der Waals surface area contributed by atoms with Gasteiger partial charge in [0, 0.05) is 6.07 Å². The van der Waals surface area contributed by atoms with Crippen molar-refractivity contribution >= 4 is 6.29 Å². The number of halogens is 3. The summed E-state index contributed by atoms with van der Waals surface area (Å²) in [5.74, 6) is -3.19. The Hall–Kier alpha value is -1.36. The fourth-order valence-electron chi connectivity index (χ4n) is 1.13. The van der Waals surface area contributed by atoms with Crippen LogP contribution in [0, 0.1) is 17.5 Å². The highest BCUT2D eigenvalue weighted by Gasteiger charge is 2.11. The van der Waals surface area contributed by atoms with E-state index in [-0.39, 0.29) is 18.4 Å².